The summed E-state index contributed by atoms with van der Waals surface area (Å²) in [6, 6.07) is 0. The Morgan fingerprint density at radius 2 is 1.54 bits per heavy atom. The van der Waals surface area contributed by atoms with Crippen LogP contribution in [0.15, 0.2) is 11.6 Å². The fourth-order valence-corrected chi connectivity index (χ4v) is 11.0. The van der Waals surface area contributed by atoms with E-state index in [9.17, 15) is 24.3 Å². The summed E-state index contributed by atoms with van der Waals surface area (Å²) in [6.07, 6.45) is 8.80. The van der Waals surface area contributed by atoms with Crippen molar-refractivity contribution >= 4 is 23.7 Å². The van der Waals surface area contributed by atoms with Crippen LogP contribution in [0.25, 0.3) is 0 Å². The molecule has 7 nitrogen and oxygen atoms in total. The van der Waals surface area contributed by atoms with Crippen LogP contribution >= 0.6 is 0 Å². The summed E-state index contributed by atoms with van der Waals surface area (Å²) in [4.78, 5) is 50.3. The van der Waals surface area contributed by atoms with Crippen molar-refractivity contribution in [1.29, 1.82) is 0 Å². The van der Waals surface area contributed by atoms with Gasteiger partial charge in [-0.1, -0.05) is 47.1 Å². The van der Waals surface area contributed by atoms with Crippen LogP contribution in [0.4, 0.5) is 0 Å². The van der Waals surface area contributed by atoms with E-state index in [1.165, 1.54) is 5.57 Å². The molecule has 0 aliphatic heterocycles. The van der Waals surface area contributed by atoms with E-state index in [4.69, 9.17) is 9.84 Å². The van der Waals surface area contributed by atoms with Crippen molar-refractivity contribution in [1.82, 2.24) is 0 Å². The predicted molar refractivity (Wildman–Crippen MR) is 154 cm³/mol. The molecule has 0 aromatic carbocycles. The summed E-state index contributed by atoms with van der Waals surface area (Å²) in [5.41, 5.74) is -0.553. The minimum Gasteiger partial charge on any atom is -0.481 e. The third-order valence-corrected chi connectivity index (χ3v) is 13.8. The number of esters is 1. The van der Waals surface area contributed by atoms with E-state index in [1.807, 2.05) is 13.0 Å². The van der Waals surface area contributed by atoms with Crippen LogP contribution < -0.4 is 0 Å². The number of carbonyl (C=O) groups is 4. The third-order valence-electron chi connectivity index (χ3n) is 13.8. The standard InChI is InChI=1S/C34H50O7/c1-29(2)23-10-13-34(7)27(32(23,5)12-11-24(29)41-26(38)9-8-25(36)37)22(35)18-20-21-19-31(4,28(39)40)15-14-30(21,3)16-17-33(20,34)6/h18,21,23-24,27H,8-17,19H2,1-7H3,(H,36,37)(H,39,40)/t21?,23?,24?,27?,30?,31-,32?,33+,34?/m0/s1. The highest BCUT2D eigenvalue weighted by atomic mass is 16.5. The number of carboxylic acids is 2. The molecule has 41 heavy (non-hydrogen) atoms. The van der Waals surface area contributed by atoms with E-state index in [2.05, 4.69) is 41.5 Å². The lowest BCUT2D eigenvalue weighted by Gasteiger charge is -2.70. The summed E-state index contributed by atoms with van der Waals surface area (Å²) >= 11 is 0. The van der Waals surface area contributed by atoms with Gasteiger partial charge < -0.3 is 14.9 Å². The van der Waals surface area contributed by atoms with Gasteiger partial charge in [-0.2, -0.15) is 0 Å². The molecule has 5 aliphatic carbocycles. The maximum Gasteiger partial charge on any atom is 0.309 e. The Morgan fingerprint density at radius 1 is 0.878 bits per heavy atom. The largest absolute Gasteiger partial charge is 0.481 e. The molecule has 9 atom stereocenters. The molecule has 0 spiro atoms. The number of carbonyl (C=O) groups excluding carboxylic acids is 2. The van der Waals surface area contributed by atoms with E-state index in [1.54, 1.807) is 0 Å². The van der Waals surface area contributed by atoms with Gasteiger partial charge in [-0.15, -0.1) is 0 Å². The zero-order chi connectivity index (χ0) is 30.4. The molecule has 0 aromatic heterocycles. The van der Waals surface area contributed by atoms with Crippen molar-refractivity contribution < 1.29 is 34.1 Å². The smallest absolute Gasteiger partial charge is 0.309 e. The fourth-order valence-electron chi connectivity index (χ4n) is 11.0. The molecule has 0 radical (unpaired) electrons. The summed E-state index contributed by atoms with van der Waals surface area (Å²) in [5.74, 6) is -1.87. The molecule has 4 saturated carbocycles. The van der Waals surface area contributed by atoms with E-state index < -0.39 is 23.3 Å². The van der Waals surface area contributed by atoms with Gasteiger partial charge in [0.25, 0.3) is 0 Å². The Kier molecular flexibility index (Phi) is 6.95. The molecular formula is C34H50O7. The zero-order valence-electron chi connectivity index (χ0n) is 26.1. The predicted octanol–water partition coefficient (Wildman–Crippen LogP) is 6.83. The minimum absolute atomic E-state index is 0.0233. The molecule has 0 saturated heterocycles. The summed E-state index contributed by atoms with van der Waals surface area (Å²) in [6.45, 7) is 15.5. The van der Waals surface area contributed by atoms with Crippen LogP contribution in [0.5, 0.6) is 0 Å². The second kappa shape index (κ2) is 9.41. The maximum atomic E-state index is 14.5. The number of carboxylic acid groups (broad SMARTS) is 2. The first-order chi connectivity index (χ1) is 18.8. The summed E-state index contributed by atoms with van der Waals surface area (Å²) in [5, 5.41) is 19.1. The lowest BCUT2D eigenvalue weighted by Crippen LogP contribution is -2.66. The average Bonchev–Trinajstić information content (AvgIpc) is 2.86. The van der Waals surface area contributed by atoms with Crippen molar-refractivity contribution in [3.8, 4) is 0 Å². The van der Waals surface area contributed by atoms with Crippen LogP contribution in [0.2, 0.25) is 0 Å². The van der Waals surface area contributed by atoms with E-state index in [0.717, 1.165) is 38.5 Å². The van der Waals surface area contributed by atoms with Crippen molar-refractivity contribution in [2.75, 3.05) is 0 Å². The average molecular weight is 571 g/mol. The molecule has 0 amide bonds. The fraction of sp³-hybridized carbons (Fsp3) is 0.824. The van der Waals surface area contributed by atoms with Gasteiger partial charge in [-0.05, 0) is 104 Å². The Bertz CT molecular complexity index is 1200. The highest BCUT2D eigenvalue weighted by molar-refractivity contribution is 5.95. The minimum atomic E-state index is -1.01. The van der Waals surface area contributed by atoms with Gasteiger partial charge in [0.05, 0.1) is 18.3 Å². The van der Waals surface area contributed by atoms with Gasteiger partial charge in [0.1, 0.15) is 6.10 Å². The molecule has 0 heterocycles. The highest BCUT2D eigenvalue weighted by Crippen LogP contribution is 2.75. The lowest BCUT2D eigenvalue weighted by atomic mass is 9.33. The molecule has 5 rings (SSSR count). The number of rotatable bonds is 5. The van der Waals surface area contributed by atoms with E-state index in [-0.39, 0.29) is 69.6 Å². The number of ketones is 1. The number of hydrogen-bond donors (Lipinski definition) is 2. The van der Waals surface area contributed by atoms with Gasteiger partial charge in [0.2, 0.25) is 0 Å². The molecule has 7 unspecified atom stereocenters. The maximum absolute atomic E-state index is 14.5. The first kappa shape index (κ1) is 30.3. The molecule has 2 N–H and O–H groups in total. The molecule has 5 aliphatic rings. The number of fused-ring (bicyclic) bond motifs is 7. The van der Waals surface area contributed by atoms with Crippen molar-refractivity contribution in [3.05, 3.63) is 11.6 Å². The summed E-state index contributed by atoms with van der Waals surface area (Å²) in [7, 11) is 0. The van der Waals surface area contributed by atoms with Gasteiger partial charge in [0, 0.05) is 11.3 Å². The first-order valence-corrected chi connectivity index (χ1v) is 15.7. The van der Waals surface area contributed by atoms with Crippen molar-refractivity contribution in [3.63, 3.8) is 0 Å². The number of hydrogen-bond acceptors (Lipinski definition) is 5. The number of aliphatic carboxylic acids is 2. The topological polar surface area (TPSA) is 118 Å². The molecule has 4 fully saturated rings. The van der Waals surface area contributed by atoms with Gasteiger partial charge in [0.15, 0.2) is 5.78 Å². The second-order valence-corrected chi connectivity index (χ2v) is 16.3. The second-order valence-electron chi connectivity index (χ2n) is 16.3. The Labute approximate surface area is 244 Å². The van der Waals surface area contributed by atoms with Crippen molar-refractivity contribution in [2.45, 2.75) is 125 Å². The molecular weight excluding hydrogens is 520 g/mol. The van der Waals surface area contributed by atoms with Crippen LogP contribution in [-0.4, -0.2) is 40.0 Å². The van der Waals surface area contributed by atoms with Crippen LogP contribution in [0.1, 0.15) is 119 Å². The van der Waals surface area contributed by atoms with Gasteiger partial charge in [-0.3, -0.25) is 19.2 Å². The molecule has 0 aromatic rings. The van der Waals surface area contributed by atoms with Crippen LogP contribution in [-0.2, 0) is 23.9 Å². The Morgan fingerprint density at radius 3 is 2.17 bits per heavy atom. The molecule has 0 bridgehead atoms. The third kappa shape index (κ3) is 4.25. The van der Waals surface area contributed by atoms with E-state index in [0.29, 0.717) is 19.3 Å². The number of allylic oxidation sites excluding steroid dienone is 2. The highest BCUT2D eigenvalue weighted by Gasteiger charge is 2.70. The first-order valence-electron chi connectivity index (χ1n) is 15.7. The quantitative estimate of drug-likeness (QED) is 0.348. The van der Waals surface area contributed by atoms with Crippen LogP contribution in [0.3, 0.4) is 0 Å². The van der Waals surface area contributed by atoms with E-state index >= 15 is 0 Å². The number of ether oxygens (including phenoxy) is 1. The van der Waals surface area contributed by atoms with Crippen LogP contribution in [0, 0.1) is 50.2 Å². The Balaban J connectivity index is 1.49. The Hall–Kier alpha value is -2.18. The molecule has 7 heteroatoms. The van der Waals surface area contributed by atoms with Gasteiger partial charge in [-0.25, -0.2) is 0 Å². The normalized spacial score (nSPS) is 46.6. The SMILES string of the molecule is CC12CC[C@](C)(C(=O)O)CC1C1=CC(=O)C3C4(C)CCC(OC(=O)CCC(=O)O)C(C)(C)C4CCC3(C)[C@]1(C)CC2. The monoisotopic (exact) mass is 570 g/mol. The lowest BCUT2D eigenvalue weighted by molar-refractivity contribution is -0.211. The van der Waals surface area contributed by atoms with Crippen molar-refractivity contribution in [2.24, 2.45) is 50.2 Å². The molecule has 228 valence electrons. The van der Waals surface area contributed by atoms with Gasteiger partial charge >= 0.3 is 17.9 Å². The summed E-state index contributed by atoms with van der Waals surface area (Å²) < 4.78 is 5.91. The zero-order valence-corrected chi connectivity index (χ0v) is 26.1.